The highest BCUT2D eigenvalue weighted by molar-refractivity contribution is 7.92. The van der Waals surface area contributed by atoms with Crippen molar-refractivity contribution in [2.75, 3.05) is 17.4 Å². The van der Waals surface area contributed by atoms with Crippen molar-refractivity contribution in [2.45, 2.75) is 71.4 Å². The molecule has 0 radical (unpaired) electrons. The quantitative estimate of drug-likeness (QED) is 0.209. The molecule has 0 aliphatic rings. The average Bonchev–Trinajstić information content (AvgIpc) is 2.95. The van der Waals surface area contributed by atoms with Gasteiger partial charge in [0.05, 0.1) is 20.6 Å². The highest BCUT2D eigenvalue weighted by atomic mass is 35.5. The van der Waals surface area contributed by atoms with E-state index in [4.69, 9.17) is 23.2 Å². The van der Waals surface area contributed by atoms with E-state index in [-0.39, 0.29) is 17.3 Å². The predicted molar refractivity (Wildman–Crippen MR) is 171 cm³/mol. The normalized spacial score (nSPS) is 12.1. The van der Waals surface area contributed by atoms with Gasteiger partial charge in [0.25, 0.3) is 10.0 Å². The highest BCUT2D eigenvalue weighted by Gasteiger charge is 2.33. The Kier molecular flexibility index (Phi) is 11.9. The summed E-state index contributed by atoms with van der Waals surface area (Å²) < 4.78 is 29.2. The molecule has 0 bridgehead atoms. The van der Waals surface area contributed by atoms with Crippen LogP contribution in [0.5, 0.6) is 0 Å². The number of carbonyl (C=O) groups excluding carboxylic acids is 2. The molecule has 0 heterocycles. The molecule has 0 saturated heterocycles. The molecule has 7 nitrogen and oxygen atoms in total. The van der Waals surface area contributed by atoms with Crippen molar-refractivity contribution < 1.29 is 18.0 Å². The topological polar surface area (TPSA) is 86.8 Å². The van der Waals surface area contributed by atoms with Gasteiger partial charge in [-0.3, -0.25) is 13.9 Å². The summed E-state index contributed by atoms with van der Waals surface area (Å²) in [6, 6.07) is 16.0. The molecule has 1 N–H and O–H groups in total. The number of nitrogens with zero attached hydrogens (tertiary/aromatic N) is 2. The van der Waals surface area contributed by atoms with Crippen LogP contribution in [0.3, 0.4) is 0 Å². The van der Waals surface area contributed by atoms with Crippen molar-refractivity contribution in [3.63, 3.8) is 0 Å². The van der Waals surface area contributed by atoms with Crippen LogP contribution < -0.4 is 9.62 Å². The third kappa shape index (κ3) is 8.27. The SMILES string of the molecule is CCCCNC(=O)[C@@H](CC)N(Cc1ccc(Cl)c(Cl)c1)C(=O)CN(c1ccc(C)c(C)c1)S(=O)(=O)c1ccc(C)cc1. The molecule has 3 aromatic rings. The lowest BCUT2D eigenvalue weighted by Crippen LogP contribution is -2.52. The third-order valence-corrected chi connectivity index (χ3v) is 9.75. The molecule has 42 heavy (non-hydrogen) atoms. The zero-order valence-corrected chi connectivity index (χ0v) is 27.1. The summed E-state index contributed by atoms with van der Waals surface area (Å²) in [5.41, 5.74) is 3.82. The van der Waals surface area contributed by atoms with Crippen LogP contribution in [-0.2, 0) is 26.2 Å². The first-order valence-electron chi connectivity index (χ1n) is 14.1. The van der Waals surface area contributed by atoms with E-state index in [1.807, 2.05) is 40.7 Å². The first kappa shape index (κ1) is 33.4. The minimum absolute atomic E-state index is 0.0424. The molecule has 0 aromatic heterocycles. The van der Waals surface area contributed by atoms with Gasteiger partial charge in [0.15, 0.2) is 0 Å². The van der Waals surface area contributed by atoms with Crippen molar-refractivity contribution in [1.29, 1.82) is 0 Å². The fourth-order valence-corrected chi connectivity index (χ4v) is 6.23. The maximum atomic E-state index is 14.2. The fraction of sp³-hybridized carbons (Fsp3) is 0.375. The average molecular weight is 633 g/mol. The van der Waals surface area contributed by atoms with E-state index in [1.54, 1.807) is 42.5 Å². The van der Waals surface area contributed by atoms with Crippen LogP contribution in [0.1, 0.15) is 55.4 Å². The van der Waals surface area contributed by atoms with Crippen molar-refractivity contribution in [1.82, 2.24) is 10.2 Å². The van der Waals surface area contributed by atoms with E-state index < -0.39 is 28.5 Å². The molecule has 0 saturated carbocycles. The van der Waals surface area contributed by atoms with Crippen molar-refractivity contribution in [3.8, 4) is 0 Å². The van der Waals surface area contributed by atoms with Crippen LogP contribution in [0.2, 0.25) is 10.0 Å². The molecule has 226 valence electrons. The first-order chi connectivity index (χ1) is 19.9. The van der Waals surface area contributed by atoms with Gasteiger partial charge in [-0.1, -0.05) is 73.3 Å². The van der Waals surface area contributed by atoms with Gasteiger partial charge in [-0.2, -0.15) is 0 Å². The van der Waals surface area contributed by atoms with Crippen molar-refractivity contribution in [3.05, 3.63) is 93.0 Å². The Hall–Kier alpha value is -3.07. The minimum Gasteiger partial charge on any atom is -0.354 e. The second kappa shape index (κ2) is 14.9. The van der Waals surface area contributed by atoms with Crippen LogP contribution in [0.4, 0.5) is 5.69 Å². The molecule has 0 fully saturated rings. The zero-order valence-electron chi connectivity index (χ0n) is 24.8. The zero-order chi connectivity index (χ0) is 31.0. The monoisotopic (exact) mass is 631 g/mol. The second-order valence-electron chi connectivity index (χ2n) is 10.4. The number of nitrogens with one attached hydrogen (secondary N) is 1. The lowest BCUT2D eigenvalue weighted by Gasteiger charge is -2.33. The maximum absolute atomic E-state index is 14.2. The number of hydrogen-bond acceptors (Lipinski definition) is 4. The number of aryl methyl sites for hydroxylation is 3. The van der Waals surface area contributed by atoms with Gasteiger partial charge >= 0.3 is 0 Å². The number of hydrogen-bond donors (Lipinski definition) is 1. The van der Waals surface area contributed by atoms with Gasteiger partial charge < -0.3 is 10.2 Å². The van der Waals surface area contributed by atoms with Gasteiger partial charge in [0, 0.05) is 13.1 Å². The number of halogens is 2. The third-order valence-electron chi connectivity index (χ3n) is 7.22. The predicted octanol–water partition coefficient (Wildman–Crippen LogP) is 6.84. The Labute approximate surface area is 259 Å². The van der Waals surface area contributed by atoms with E-state index in [0.717, 1.165) is 33.8 Å². The van der Waals surface area contributed by atoms with E-state index in [2.05, 4.69) is 5.32 Å². The molecule has 0 aliphatic carbocycles. The Balaban J connectivity index is 2.07. The van der Waals surface area contributed by atoms with Crippen molar-refractivity contribution in [2.24, 2.45) is 0 Å². The molecular weight excluding hydrogens is 593 g/mol. The van der Waals surface area contributed by atoms with Gasteiger partial charge in [0.2, 0.25) is 11.8 Å². The first-order valence-corrected chi connectivity index (χ1v) is 16.3. The molecule has 0 unspecified atom stereocenters. The second-order valence-corrected chi connectivity index (χ2v) is 13.1. The summed E-state index contributed by atoms with van der Waals surface area (Å²) in [5, 5.41) is 3.61. The lowest BCUT2D eigenvalue weighted by atomic mass is 10.1. The summed E-state index contributed by atoms with van der Waals surface area (Å²) in [7, 11) is -4.14. The van der Waals surface area contributed by atoms with Crippen molar-refractivity contribution >= 4 is 50.7 Å². The van der Waals surface area contributed by atoms with Gasteiger partial charge in [0.1, 0.15) is 12.6 Å². The molecule has 0 spiro atoms. The molecule has 10 heteroatoms. The molecule has 3 rings (SSSR count). The van der Waals surface area contributed by atoms with Gasteiger partial charge in [-0.05, 0) is 86.7 Å². The van der Waals surface area contributed by atoms with E-state index in [1.165, 1.54) is 17.0 Å². The Morgan fingerprint density at radius 2 is 1.57 bits per heavy atom. The smallest absolute Gasteiger partial charge is 0.264 e. The number of rotatable bonds is 13. The molecule has 2 amide bonds. The number of sulfonamides is 1. The number of amides is 2. The van der Waals surface area contributed by atoms with Gasteiger partial charge in [-0.15, -0.1) is 0 Å². The maximum Gasteiger partial charge on any atom is 0.264 e. The number of benzene rings is 3. The lowest BCUT2D eigenvalue weighted by molar-refractivity contribution is -0.140. The summed E-state index contributed by atoms with van der Waals surface area (Å²) in [6.45, 7) is 9.57. The summed E-state index contributed by atoms with van der Waals surface area (Å²) in [4.78, 5) is 29.0. The Bertz CT molecular complexity index is 1510. The largest absolute Gasteiger partial charge is 0.354 e. The molecular formula is C32H39Cl2N3O4S. The van der Waals surface area contributed by atoms with Crippen LogP contribution in [0.15, 0.2) is 65.6 Å². The van der Waals surface area contributed by atoms with Gasteiger partial charge in [-0.25, -0.2) is 8.42 Å². The van der Waals surface area contributed by atoms with E-state index >= 15 is 0 Å². The molecule has 3 aromatic carbocycles. The van der Waals surface area contributed by atoms with Crippen LogP contribution >= 0.6 is 23.2 Å². The van der Waals surface area contributed by atoms with E-state index in [0.29, 0.717) is 34.3 Å². The summed E-state index contributed by atoms with van der Waals surface area (Å²) in [6.07, 6.45) is 2.04. The Morgan fingerprint density at radius 3 is 2.17 bits per heavy atom. The van der Waals surface area contributed by atoms with Crippen LogP contribution in [0, 0.1) is 20.8 Å². The summed E-state index contributed by atoms with van der Waals surface area (Å²) in [5.74, 6) is -0.814. The molecule has 0 aliphatic heterocycles. The fourth-order valence-electron chi connectivity index (χ4n) is 4.51. The highest BCUT2D eigenvalue weighted by Crippen LogP contribution is 2.28. The summed E-state index contributed by atoms with van der Waals surface area (Å²) >= 11 is 12.4. The van der Waals surface area contributed by atoms with Crippen LogP contribution in [0.25, 0.3) is 0 Å². The molecule has 1 atom stereocenters. The number of unbranched alkanes of at least 4 members (excludes halogenated alkanes) is 1. The minimum atomic E-state index is -4.14. The van der Waals surface area contributed by atoms with E-state index in [9.17, 15) is 18.0 Å². The number of carbonyl (C=O) groups is 2. The number of anilines is 1. The standard InChI is InChI=1S/C32H39Cl2N3O4S/c1-6-8-17-35-32(39)30(7-2)36(20-25-12-16-28(33)29(34)19-25)31(38)21-37(26-13-11-23(4)24(5)18-26)42(40,41)27-14-9-22(3)10-15-27/h9-16,18-19,30H,6-8,17,20-21H2,1-5H3,(H,35,39)/t30-/m1/s1. The Morgan fingerprint density at radius 1 is 0.881 bits per heavy atom. The van der Waals surface area contributed by atoms with Crippen LogP contribution in [-0.4, -0.2) is 44.3 Å².